The summed E-state index contributed by atoms with van der Waals surface area (Å²) in [6.45, 7) is 2.51. The lowest BCUT2D eigenvalue weighted by molar-refractivity contribution is -0.150. The van der Waals surface area contributed by atoms with Crippen LogP contribution in [-0.4, -0.2) is 24.8 Å². The van der Waals surface area contributed by atoms with Gasteiger partial charge < -0.3 is 9.47 Å². The van der Waals surface area contributed by atoms with Gasteiger partial charge in [0.1, 0.15) is 11.5 Å². The van der Waals surface area contributed by atoms with Crippen LogP contribution in [0.2, 0.25) is 0 Å². The summed E-state index contributed by atoms with van der Waals surface area (Å²) in [7, 11) is 3.30. The number of aryl methyl sites for hydroxylation is 1. The second kappa shape index (κ2) is 7.53. The van der Waals surface area contributed by atoms with Crippen molar-refractivity contribution in [2.45, 2.75) is 63.5 Å². The highest BCUT2D eigenvalue weighted by Crippen LogP contribution is 2.65. The quantitative estimate of drug-likeness (QED) is 0.425. The molecule has 0 heterocycles. The smallest absolute Gasteiger partial charge is 0.150 e. The van der Waals surface area contributed by atoms with Crippen LogP contribution in [0, 0.1) is 17.3 Å². The van der Waals surface area contributed by atoms with Gasteiger partial charge in [0, 0.05) is 21.5 Å². The molecule has 26 heavy (non-hydrogen) atoms. The number of unbranched alkanes of at least 4 members (excludes halogenated alkanes) is 1. The normalized spacial score (nSPS) is 31.4. The van der Waals surface area contributed by atoms with Gasteiger partial charge in [-0.15, -0.1) is 0 Å². The van der Waals surface area contributed by atoms with Gasteiger partial charge in [0.25, 0.3) is 0 Å². The fraction of sp³-hybridized carbons (Fsp3) is 0.682. The fourth-order valence-corrected chi connectivity index (χ4v) is 5.84. The number of alkyl halides is 1. The van der Waals surface area contributed by atoms with Gasteiger partial charge in [-0.2, -0.15) is 0 Å². The van der Waals surface area contributed by atoms with Crippen LogP contribution in [0.5, 0.6) is 11.5 Å². The van der Waals surface area contributed by atoms with Crippen LogP contribution < -0.4 is 9.47 Å². The predicted octanol–water partition coefficient (Wildman–Crippen LogP) is 5.53. The lowest BCUT2D eigenvalue weighted by Gasteiger charge is -2.60. The van der Waals surface area contributed by atoms with E-state index in [0.717, 1.165) is 41.9 Å². The van der Waals surface area contributed by atoms with Crippen LogP contribution in [-0.2, 0) is 11.2 Å². The van der Waals surface area contributed by atoms with Crippen molar-refractivity contribution in [3.05, 3.63) is 23.3 Å². The number of ether oxygens (including phenoxy) is 2. The number of hydrogen-bond acceptors (Lipinski definition) is 3. The van der Waals surface area contributed by atoms with E-state index in [9.17, 15) is 4.79 Å². The fourth-order valence-electron chi connectivity index (χ4n) is 4.89. The molecule has 3 fully saturated rings. The third-order valence-corrected chi connectivity index (χ3v) is 7.56. The molecule has 3 saturated carbocycles. The van der Waals surface area contributed by atoms with Crippen molar-refractivity contribution >= 4 is 21.7 Å². The van der Waals surface area contributed by atoms with E-state index >= 15 is 0 Å². The molecule has 0 aliphatic heterocycles. The molecular formula is C22H31BrO3. The van der Waals surface area contributed by atoms with Gasteiger partial charge in [-0.05, 0) is 48.3 Å². The molecule has 0 radical (unpaired) electrons. The van der Waals surface area contributed by atoms with Gasteiger partial charge in [0.15, 0.2) is 5.78 Å². The van der Waals surface area contributed by atoms with Crippen molar-refractivity contribution in [2.24, 2.45) is 17.3 Å². The van der Waals surface area contributed by atoms with E-state index in [1.165, 1.54) is 0 Å². The van der Waals surface area contributed by atoms with E-state index in [-0.39, 0.29) is 34.3 Å². The Morgan fingerprint density at radius 1 is 1.23 bits per heavy atom. The summed E-state index contributed by atoms with van der Waals surface area (Å²) in [5.74, 6) is 2.31. The summed E-state index contributed by atoms with van der Waals surface area (Å²) < 4.78 is 33.5. The summed E-state index contributed by atoms with van der Waals surface area (Å²) in [4.78, 5) is 12.7. The highest BCUT2D eigenvalue weighted by Gasteiger charge is 2.62. The lowest BCUT2D eigenvalue weighted by atomic mass is 9.44. The minimum atomic E-state index is -1.87. The van der Waals surface area contributed by atoms with Crippen molar-refractivity contribution in [3.8, 4) is 11.5 Å². The van der Waals surface area contributed by atoms with Crippen molar-refractivity contribution in [1.29, 1.82) is 0 Å². The summed E-state index contributed by atoms with van der Waals surface area (Å²) in [6.07, 6.45) is 3.36. The van der Waals surface area contributed by atoms with Gasteiger partial charge in [-0.25, -0.2) is 0 Å². The summed E-state index contributed by atoms with van der Waals surface area (Å²) in [5.41, 5.74) is 2.01. The molecule has 0 spiro atoms. The highest BCUT2D eigenvalue weighted by atomic mass is 79.9. The number of methoxy groups -OCH3 is 2. The number of carbonyl (C=O) groups is 1. The molecule has 1 aromatic rings. The number of rotatable bonds is 7. The first-order valence-corrected chi connectivity index (χ1v) is 10.4. The first-order chi connectivity index (χ1) is 13.5. The number of halogens is 1. The number of ketones is 1. The maximum Gasteiger partial charge on any atom is 0.150 e. The number of fused-ring (bicyclic) bond motifs is 2. The van der Waals surface area contributed by atoms with Crippen LogP contribution >= 0.6 is 15.9 Å². The van der Waals surface area contributed by atoms with E-state index in [0.29, 0.717) is 12.3 Å². The minimum absolute atomic E-state index is 0.0111. The van der Waals surface area contributed by atoms with E-state index < -0.39 is 6.85 Å². The third kappa shape index (κ3) is 3.08. The van der Waals surface area contributed by atoms with Gasteiger partial charge in [0.2, 0.25) is 0 Å². The van der Waals surface area contributed by atoms with E-state index in [1.54, 1.807) is 14.2 Å². The zero-order valence-electron chi connectivity index (χ0n) is 19.1. The van der Waals surface area contributed by atoms with Crippen LogP contribution in [0.25, 0.3) is 0 Å². The van der Waals surface area contributed by atoms with Crippen LogP contribution in [0.3, 0.4) is 0 Å². The molecule has 4 atom stereocenters. The molecular weight excluding hydrogens is 392 g/mol. The number of benzene rings is 1. The lowest BCUT2D eigenvalue weighted by Crippen LogP contribution is -2.60. The first-order valence-electron chi connectivity index (χ1n) is 10.9. The monoisotopic (exact) mass is 425 g/mol. The molecule has 3 aliphatic carbocycles. The Morgan fingerprint density at radius 2 is 1.88 bits per heavy atom. The van der Waals surface area contributed by atoms with E-state index in [4.69, 9.17) is 13.6 Å². The Labute approximate surface area is 170 Å². The van der Waals surface area contributed by atoms with Crippen LogP contribution in [0.15, 0.2) is 12.1 Å². The molecule has 3 aliphatic rings. The second-order valence-corrected chi connectivity index (χ2v) is 9.15. The van der Waals surface area contributed by atoms with Gasteiger partial charge in [-0.3, -0.25) is 4.79 Å². The Kier molecular flexibility index (Phi) is 4.63. The molecule has 3 nitrogen and oxygen atoms in total. The van der Waals surface area contributed by atoms with Crippen molar-refractivity contribution < 1.29 is 18.4 Å². The van der Waals surface area contributed by atoms with Gasteiger partial charge >= 0.3 is 0 Å². The summed E-state index contributed by atoms with van der Waals surface area (Å²) >= 11 is 3.68. The molecule has 1 aromatic carbocycles. The van der Waals surface area contributed by atoms with Crippen LogP contribution in [0.1, 0.15) is 67.5 Å². The Morgan fingerprint density at radius 3 is 2.42 bits per heavy atom. The SMILES string of the molecule is [2H]C([2H])([2H])CCCCc1cc(OC)c([C@H]2[C@H]3C[C@@H](C(=O)[C@@H]2Br)C3(C)C)c(OC)c1. The molecule has 4 rings (SSSR count). The average molecular weight is 426 g/mol. The standard InChI is InChI=1S/C22H31BrO3/c1-6-7-8-9-13-10-16(25-4)19(17(11-13)26-5)18-14-12-15(22(14,2)3)21(24)20(18)23/h10-11,14-15,18,20H,6-9,12H2,1-5H3/t14-,15+,18-,20-/m1/s1/i1D3. The molecule has 2 bridgehead atoms. The van der Waals surface area contributed by atoms with Gasteiger partial charge in [0.05, 0.1) is 19.0 Å². The number of Topliss-reactive ketones (excluding diaryl/α,β-unsaturated/α-hetero) is 1. The third-order valence-electron chi connectivity index (χ3n) is 6.54. The molecule has 0 saturated heterocycles. The van der Waals surface area contributed by atoms with E-state index in [2.05, 4.69) is 29.8 Å². The Balaban J connectivity index is 1.88. The van der Waals surface area contributed by atoms with Crippen molar-refractivity contribution in [1.82, 2.24) is 0 Å². The van der Waals surface area contributed by atoms with Crippen molar-refractivity contribution in [2.75, 3.05) is 14.2 Å². The average Bonchev–Trinajstić information content (AvgIpc) is 2.65. The molecule has 0 aromatic heterocycles. The minimum Gasteiger partial charge on any atom is -0.496 e. The molecule has 0 N–H and O–H groups in total. The zero-order chi connectivity index (χ0) is 21.6. The summed E-state index contributed by atoms with van der Waals surface area (Å²) in [5, 5.41) is 0. The number of hydrogen-bond donors (Lipinski definition) is 0. The largest absolute Gasteiger partial charge is 0.496 e. The maximum absolute atomic E-state index is 12.9. The zero-order valence-corrected chi connectivity index (χ0v) is 17.7. The second-order valence-electron chi connectivity index (χ2n) is 8.17. The summed E-state index contributed by atoms with van der Waals surface area (Å²) in [6, 6.07) is 4.05. The molecule has 144 valence electrons. The highest BCUT2D eigenvalue weighted by molar-refractivity contribution is 9.10. The Bertz CT molecular complexity index is 750. The van der Waals surface area contributed by atoms with E-state index in [1.807, 2.05) is 12.1 Å². The topological polar surface area (TPSA) is 35.5 Å². The molecule has 0 unspecified atom stereocenters. The predicted molar refractivity (Wildman–Crippen MR) is 109 cm³/mol. The Hall–Kier alpha value is -1.03. The molecule has 4 heteroatoms. The van der Waals surface area contributed by atoms with Gasteiger partial charge in [-0.1, -0.05) is 49.5 Å². The first kappa shape index (κ1) is 16.0. The van der Waals surface area contributed by atoms with Crippen LogP contribution in [0.4, 0.5) is 0 Å². The van der Waals surface area contributed by atoms with Crippen molar-refractivity contribution in [3.63, 3.8) is 0 Å². The maximum atomic E-state index is 12.9. The number of carbonyl (C=O) groups excluding carboxylic acids is 1. The molecule has 0 amide bonds.